The molecule has 3 heterocycles. The summed E-state index contributed by atoms with van der Waals surface area (Å²) < 4.78 is 94.7. The van der Waals surface area contributed by atoms with E-state index >= 15 is 0 Å². The molecule has 0 bridgehead atoms. The maximum absolute atomic E-state index is 13.7. The number of hydrogen-bond acceptors (Lipinski definition) is 33. The van der Waals surface area contributed by atoms with E-state index < -0.39 is 58.9 Å². The van der Waals surface area contributed by atoms with Crippen molar-refractivity contribution in [3.63, 3.8) is 0 Å². The molecule has 0 unspecified atom stereocenters. The first kappa shape index (κ1) is 94.2. The van der Waals surface area contributed by atoms with Crippen LogP contribution in [0.2, 0.25) is 0 Å². The van der Waals surface area contributed by atoms with Crippen LogP contribution in [0.5, 0.6) is 0 Å². The van der Waals surface area contributed by atoms with Gasteiger partial charge < -0.3 is 116 Å². The summed E-state index contributed by atoms with van der Waals surface area (Å²) >= 11 is 0. The van der Waals surface area contributed by atoms with Crippen molar-refractivity contribution in [2.45, 2.75) is 109 Å². The highest BCUT2D eigenvalue weighted by molar-refractivity contribution is 6.03. The van der Waals surface area contributed by atoms with E-state index in [1.54, 1.807) is 0 Å². The first-order valence-corrected chi connectivity index (χ1v) is 36.1. The molecule has 0 aromatic carbocycles. The Hall–Kier alpha value is -6.97. The number of hydroxylamine groups is 6. The van der Waals surface area contributed by atoms with Crippen molar-refractivity contribution < 1.29 is 157 Å². The van der Waals surface area contributed by atoms with Crippen molar-refractivity contribution in [1.29, 1.82) is 0 Å². The fourth-order valence-electron chi connectivity index (χ4n) is 8.95. The lowest BCUT2D eigenvalue weighted by Gasteiger charge is -2.34. The minimum absolute atomic E-state index is 0.00631. The van der Waals surface area contributed by atoms with Gasteiger partial charge in [-0.15, -0.1) is 15.2 Å². The topological polar surface area (TPSA) is 464 Å². The molecule has 0 aromatic rings. The quantitative estimate of drug-likeness (QED) is 0.0372. The van der Waals surface area contributed by atoms with Crippen molar-refractivity contribution in [2.24, 2.45) is 0 Å². The molecule has 3 rings (SSSR count). The largest absolute Gasteiger partial charge is 0.382 e. The van der Waals surface area contributed by atoms with Crippen LogP contribution in [0.1, 0.15) is 103 Å². The van der Waals surface area contributed by atoms with E-state index in [1.807, 2.05) is 6.92 Å². The SMILES string of the molecule is CCOCCCOCCCC(=O)NC(COCCC(=O)NCCOCCOCCOCCOCCC(=O)ON1C(=O)CCC1=O)(COCCC(=O)NCCOCCOCCOCCOCCC(=O)ON1C(=O)CCC1=O)COCCC(=O)NCCOCCOCCOCCOCCC(=O)ON1C(=O)CCC1=O. The molecule has 4 N–H and O–H groups in total. The zero-order valence-electron chi connectivity index (χ0n) is 61.6. The zero-order valence-corrected chi connectivity index (χ0v) is 61.6. The Kier molecular flexibility index (Phi) is 55.4. The van der Waals surface area contributed by atoms with Gasteiger partial charge in [-0.1, -0.05) is 0 Å². The fraction of sp³-hybridized carbons (Fsp3) is 0.806. The Morgan fingerprint density at radius 3 is 0.785 bits per heavy atom. The Balaban J connectivity index is 1.37. The predicted octanol–water partition coefficient (Wildman–Crippen LogP) is -2.18. The summed E-state index contributed by atoms with van der Waals surface area (Å²) in [7, 11) is 0. The van der Waals surface area contributed by atoms with Gasteiger partial charge in [0.05, 0.1) is 217 Å². The molecule has 0 spiro atoms. The predicted molar refractivity (Wildman–Crippen MR) is 363 cm³/mol. The average Bonchev–Trinajstić information content (AvgIpc) is 1.49. The summed E-state index contributed by atoms with van der Waals surface area (Å²) in [6.07, 6.45) is 0.539. The van der Waals surface area contributed by atoms with Crippen LogP contribution in [0, 0.1) is 0 Å². The molecule has 3 aliphatic rings. The Morgan fingerprint density at radius 1 is 0.271 bits per heavy atom. The molecule has 612 valence electrons. The van der Waals surface area contributed by atoms with Gasteiger partial charge in [0.1, 0.15) is 5.54 Å². The van der Waals surface area contributed by atoms with Crippen LogP contribution in [-0.2, 0) is 157 Å². The summed E-state index contributed by atoms with van der Waals surface area (Å²) in [5, 5.41) is 12.8. The van der Waals surface area contributed by atoms with Crippen molar-refractivity contribution in [1.82, 2.24) is 36.5 Å². The Labute approximate surface area is 622 Å². The van der Waals surface area contributed by atoms with Crippen molar-refractivity contribution in [3.8, 4) is 0 Å². The lowest BCUT2D eigenvalue weighted by atomic mass is 10.0. The molecule has 40 heteroatoms. The molecule has 3 aliphatic heterocycles. The lowest BCUT2D eigenvalue weighted by molar-refractivity contribution is -0.198. The summed E-state index contributed by atoms with van der Waals surface area (Å²) in [6.45, 7) is 8.64. The van der Waals surface area contributed by atoms with Crippen LogP contribution in [0.3, 0.4) is 0 Å². The molecule has 40 nitrogen and oxygen atoms in total. The minimum Gasteiger partial charge on any atom is -0.382 e. The van der Waals surface area contributed by atoms with Crippen LogP contribution >= 0.6 is 0 Å². The van der Waals surface area contributed by atoms with Crippen molar-refractivity contribution in [3.05, 3.63) is 0 Å². The van der Waals surface area contributed by atoms with E-state index in [4.69, 9.17) is 95.0 Å². The maximum Gasteiger partial charge on any atom is 0.335 e. The van der Waals surface area contributed by atoms with Crippen LogP contribution in [-0.4, -0.2) is 342 Å². The van der Waals surface area contributed by atoms with Gasteiger partial charge in [0, 0.05) is 110 Å². The third-order valence-electron chi connectivity index (χ3n) is 14.4. The summed E-state index contributed by atoms with van der Waals surface area (Å²) in [6, 6.07) is 0. The van der Waals surface area contributed by atoms with Gasteiger partial charge in [0.2, 0.25) is 23.6 Å². The van der Waals surface area contributed by atoms with E-state index in [0.717, 1.165) is 0 Å². The third kappa shape index (κ3) is 49.7. The monoisotopic (exact) mass is 1540 g/mol. The third-order valence-corrected chi connectivity index (χ3v) is 14.4. The highest BCUT2D eigenvalue weighted by atomic mass is 16.7. The lowest BCUT2D eigenvalue weighted by Crippen LogP contribution is -2.58. The Morgan fingerprint density at radius 2 is 0.505 bits per heavy atom. The summed E-state index contributed by atoms with van der Waals surface area (Å²) in [5.74, 6) is -7.02. The second kappa shape index (κ2) is 62.9. The molecular formula is C67H111N7O33. The van der Waals surface area contributed by atoms with Gasteiger partial charge in [-0.05, 0) is 19.8 Å². The Bertz CT molecular complexity index is 2290. The summed E-state index contributed by atoms with van der Waals surface area (Å²) in [4.78, 5) is 172. The molecule has 0 radical (unpaired) electrons. The fourth-order valence-corrected chi connectivity index (χ4v) is 8.95. The molecule has 0 aliphatic carbocycles. The van der Waals surface area contributed by atoms with Gasteiger partial charge in [0.15, 0.2) is 0 Å². The molecule has 107 heavy (non-hydrogen) atoms. The van der Waals surface area contributed by atoms with Gasteiger partial charge in [-0.3, -0.25) is 47.9 Å². The molecule has 0 saturated carbocycles. The number of rotatable bonds is 73. The second-order valence-corrected chi connectivity index (χ2v) is 23.3. The number of carbonyl (C=O) groups excluding carboxylic acids is 13. The van der Waals surface area contributed by atoms with E-state index in [0.29, 0.717) is 54.5 Å². The standard InChI is InChI=1S/C67H111N7O33/c1-2-88-22-4-23-89-21-3-5-57(78)71-67(51-102-24-12-54(75)68-18-30-93-36-42-99-48-45-96-39-33-90-27-15-64(85)105-72-58(79)6-7-59(72)80,52-103-25-13-55(76)69-19-31-94-37-43-100-49-46-97-40-34-91-28-16-65(86)106-73-60(81)8-9-61(73)82)53-104-26-14-56(77)70-20-32-95-38-44-101-50-47-98-41-35-92-29-17-66(87)107-74-62(83)10-11-63(74)84/h2-53H2,1H3,(H,68,75)(H,69,76)(H,70,77)(H,71,78). The molecule has 3 saturated heterocycles. The van der Waals surface area contributed by atoms with Gasteiger partial charge in [-0.25, -0.2) is 14.4 Å². The van der Waals surface area contributed by atoms with Crippen LogP contribution < -0.4 is 21.3 Å². The van der Waals surface area contributed by atoms with E-state index in [-0.39, 0.29) is 325 Å². The van der Waals surface area contributed by atoms with Gasteiger partial charge in [0.25, 0.3) is 35.4 Å². The highest BCUT2D eigenvalue weighted by Crippen LogP contribution is 2.16. The molecular weight excluding hydrogens is 1430 g/mol. The first-order valence-electron chi connectivity index (χ1n) is 36.1. The van der Waals surface area contributed by atoms with E-state index in [1.165, 1.54) is 0 Å². The number of ether oxygens (including phenoxy) is 17. The number of nitrogens with zero attached hydrogens (tertiary/aromatic N) is 3. The van der Waals surface area contributed by atoms with Crippen molar-refractivity contribution in [2.75, 3.05) is 244 Å². The second-order valence-electron chi connectivity index (χ2n) is 23.3. The van der Waals surface area contributed by atoms with Crippen LogP contribution in [0.25, 0.3) is 0 Å². The first-order chi connectivity index (χ1) is 52.0. The number of carbonyl (C=O) groups is 13. The minimum atomic E-state index is -1.37. The van der Waals surface area contributed by atoms with E-state index in [2.05, 4.69) is 21.3 Å². The molecule has 0 atom stereocenters. The van der Waals surface area contributed by atoms with Gasteiger partial charge >= 0.3 is 17.9 Å². The molecule has 0 aromatic heterocycles. The van der Waals surface area contributed by atoms with Crippen LogP contribution in [0.4, 0.5) is 0 Å². The smallest absolute Gasteiger partial charge is 0.335 e. The summed E-state index contributed by atoms with van der Waals surface area (Å²) in [5.41, 5.74) is -1.37. The molecule has 3 fully saturated rings. The van der Waals surface area contributed by atoms with E-state index in [9.17, 15) is 62.3 Å². The highest BCUT2D eigenvalue weighted by Gasteiger charge is 2.36. The number of hydrogen-bond donors (Lipinski definition) is 4. The molecule has 10 amide bonds. The average molecular weight is 1540 g/mol. The maximum atomic E-state index is 13.7. The number of imide groups is 3. The van der Waals surface area contributed by atoms with Gasteiger partial charge in [-0.2, -0.15) is 0 Å². The normalized spacial score (nSPS) is 13.9. The zero-order chi connectivity index (χ0) is 77.5. The number of amides is 10. The number of nitrogens with one attached hydrogen (secondary N) is 4. The van der Waals surface area contributed by atoms with Crippen LogP contribution in [0.15, 0.2) is 0 Å². The van der Waals surface area contributed by atoms with Crippen molar-refractivity contribution >= 4 is 77.0 Å².